The fourth-order valence-electron chi connectivity index (χ4n) is 2.20. The molecule has 0 aliphatic heterocycles. The number of nitrogens with zero attached hydrogens (tertiary/aromatic N) is 1. The molecule has 5 heteroatoms. The van der Waals surface area contributed by atoms with Crippen molar-refractivity contribution in [2.75, 3.05) is 0 Å². The number of benzene rings is 2. The van der Waals surface area contributed by atoms with Crippen molar-refractivity contribution in [2.45, 2.75) is 13.0 Å². The third-order valence-electron chi connectivity index (χ3n) is 3.34. The lowest BCUT2D eigenvalue weighted by molar-refractivity contribution is 0.0947. The van der Waals surface area contributed by atoms with Crippen molar-refractivity contribution in [3.05, 3.63) is 87.6 Å². The molecule has 0 unspecified atom stereocenters. The highest BCUT2D eigenvalue weighted by Crippen LogP contribution is 2.17. The van der Waals surface area contributed by atoms with Crippen LogP contribution >= 0.6 is 11.3 Å². The van der Waals surface area contributed by atoms with Gasteiger partial charge in [0.25, 0.3) is 5.91 Å². The summed E-state index contributed by atoms with van der Waals surface area (Å²) in [5.74, 6) is -0.947. The van der Waals surface area contributed by atoms with Crippen LogP contribution in [0.1, 0.15) is 25.8 Å². The summed E-state index contributed by atoms with van der Waals surface area (Å²) in [5.41, 5.74) is 1.27. The fourth-order valence-corrected chi connectivity index (χ4v) is 3.10. The average molecular weight is 326 g/mol. The molecule has 0 aliphatic carbocycles. The van der Waals surface area contributed by atoms with Crippen molar-refractivity contribution in [3.8, 4) is 0 Å². The summed E-state index contributed by atoms with van der Waals surface area (Å²) < 4.78 is 13.5. The van der Waals surface area contributed by atoms with Crippen molar-refractivity contribution in [1.82, 2.24) is 10.3 Å². The fraction of sp³-hybridized carbons (Fsp3) is 0.111. The lowest BCUT2D eigenvalue weighted by Gasteiger charge is -2.03. The van der Waals surface area contributed by atoms with Crippen LogP contribution in [0.2, 0.25) is 0 Å². The van der Waals surface area contributed by atoms with Crippen LogP contribution in [0.3, 0.4) is 0 Å². The largest absolute Gasteiger partial charge is 0.345 e. The molecule has 0 atom stereocenters. The van der Waals surface area contributed by atoms with E-state index in [2.05, 4.69) is 22.4 Å². The maximum atomic E-state index is 13.5. The van der Waals surface area contributed by atoms with E-state index in [4.69, 9.17) is 0 Å². The normalized spacial score (nSPS) is 10.5. The zero-order chi connectivity index (χ0) is 16.1. The van der Waals surface area contributed by atoms with Gasteiger partial charge < -0.3 is 5.32 Å². The van der Waals surface area contributed by atoms with Crippen LogP contribution in [-0.4, -0.2) is 10.9 Å². The highest BCUT2D eigenvalue weighted by molar-refractivity contribution is 7.11. The van der Waals surface area contributed by atoms with Crippen molar-refractivity contribution in [2.24, 2.45) is 0 Å². The van der Waals surface area contributed by atoms with Crippen LogP contribution in [0.25, 0.3) is 0 Å². The third kappa shape index (κ3) is 4.02. The summed E-state index contributed by atoms with van der Waals surface area (Å²) in [4.78, 5) is 17.4. The monoisotopic (exact) mass is 326 g/mol. The van der Waals surface area contributed by atoms with Crippen molar-refractivity contribution in [3.63, 3.8) is 0 Å². The molecule has 0 radical (unpaired) electrons. The van der Waals surface area contributed by atoms with Gasteiger partial charge in [0.2, 0.25) is 0 Å². The first kappa shape index (κ1) is 15.4. The lowest BCUT2D eigenvalue weighted by atomic mass is 10.1. The average Bonchev–Trinajstić information content (AvgIpc) is 3.01. The van der Waals surface area contributed by atoms with Crippen molar-refractivity contribution >= 4 is 17.2 Å². The Morgan fingerprint density at radius 1 is 1.09 bits per heavy atom. The Labute approximate surface area is 137 Å². The molecule has 1 heterocycles. The summed E-state index contributed by atoms with van der Waals surface area (Å²) in [6, 6.07) is 16.1. The molecule has 116 valence electrons. The van der Waals surface area contributed by atoms with Crippen LogP contribution in [0.5, 0.6) is 0 Å². The molecular formula is C18H15FN2OS. The molecule has 1 aromatic heterocycles. The summed E-state index contributed by atoms with van der Waals surface area (Å²) in [7, 11) is 0. The van der Waals surface area contributed by atoms with E-state index in [1.54, 1.807) is 23.5 Å². The van der Waals surface area contributed by atoms with Crippen molar-refractivity contribution < 1.29 is 9.18 Å². The number of aromatic nitrogens is 1. The zero-order valence-corrected chi connectivity index (χ0v) is 13.1. The van der Waals surface area contributed by atoms with E-state index in [1.807, 2.05) is 24.4 Å². The van der Waals surface area contributed by atoms with Gasteiger partial charge in [-0.1, -0.05) is 42.5 Å². The summed E-state index contributed by atoms with van der Waals surface area (Å²) in [5, 5.41) is 3.51. The molecular weight excluding hydrogens is 311 g/mol. The molecule has 0 spiro atoms. The molecule has 1 amide bonds. The Bertz CT molecular complexity index is 802. The smallest absolute Gasteiger partial charge is 0.254 e. The second kappa shape index (κ2) is 7.15. The zero-order valence-electron chi connectivity index (χ0n) is 12.3. The standard InChI is InChI=1S/C18H15FN2OS/c19-16-9-5-4-8-15(16)18(22)21-12-17-20-11-14(23-17)10-13-6-2-1-3-7-13/h1-9,11H,10,12H2,(H,21,22). The van der Waals surface area contributed by atoms with Crippen LogP contribution in [-0.2, 0) is 13.0 Å². The van der Waals surface area contributed by atoms with E-state index in [9.17, 15) is 9.18 Å². The molecule has 0 aliphatic rings. The minimum absolute atomic E-state index is 0.0496. The maximum Gasteiger partial charge on any atom is 0.254 e. The number of carbonyl (C=O) groups excluding carboxylic acids is 1. The Morgan fingerprint density at radius 2 is 1.83 bits per heavy atom. The van der Waals surface area contributed by atoms with Gasteiger partial charge in [-0.25, -0.2) is 9.37 Å². The number of rotatable bonds is 5. The van der Waals surface area contributed by atoms with Gasteiger partial charge in [0, 0.05) is 17.5 Å². The van der Waals surface area contributed by atoms with Crippen LogP contribution in [0.4, 0.5) is 4.39 Å². The van der Waals surface area contributed by atoms with Gasteiger partial charge in [0.1, 0.15) is 10.8 Å². The maximum absolute atomic E-state index is 13.5. The molecule has 0 saturated heterocycles. The summed E-state index contributed by atoms with van der Waals surface area (Å²) >= 11 is 1.55. The van der Waals surface area contributed by atoms with Crippen LogP contribution in [0.15, 0.2) is 60.8 Å². The van der Waals surface area contributed by atoms with E-state index < -0.39 is 11.7 Å². The van der Waals surface area contributed by atoms with E-state index in [-0.39, 0.29) is 5.56 Å². The Kier molecular flexibility index (Phi) is 4.78. The van der Waals surface area contributed by atoms with E-state index in [0.717, 1.165) is 16.3 Å². The number of hydrogen-bond donors (Lipinski definition) is 1. The third-order valence-corrected chi connectivity index (χ3v) is 4.34. The second-order valence-corrected chi connectivity index (χ2v) is 6.24. The molecule has 3 aromatic rings. The van der Waals surface area contributed by atoms with Crippen molar-refractivity contribution in [1.29, 1.82) is 0 Å². The highest BCUT2D eigenvalue weighted by Gasteiger charge is 2.11. The van der Waals surface area contributed by atoms with Gasteiger partial charge in [0.05, 0.1) is 12.1 Å². The van der Waals surface area contributed by atoms with Gasteiger partial charge in [-0.3, -0.25) is 4.79 Å². The Hall–Kier alpha value is -2.53. The highest BCUT2D eigenvalue weighted by atomic mass is 32.1. The minimum atomic E-state index is -0.520. The van der Waals surface area contributed by atoms with Crippen LogP contribution in [0, 0.1) is 5.82 Å². The van der Waals surface area contributed by atoms with E-state index in [0.29, 0.717) is 6.54 Å². The molecule has 23 heavy (non-hydrogen) atoms. The summed E-state index contributed by atoms with van der Waals surface area (Å²) in [6.45, 7) is 0.298. The Morgan fingerprint density at radius 3 is 2.61 bits per heavy atom. The molecule has 0 bridgehead atoms. The first-order chi connectivity index (χ1) is 11.2. The first-order valence-electron chi connectivity index (χ1n) is 7.22. The predicted molar refractivity (Wildman–Crippen MR) is 88.9 cm³/mol. The first-order valence-corrected chi connectivity index (χ1v) is 8.04. The molecule has 2 aromatic carbocycles. The number of nitrogens with one attached hydrogen (secondary N) is 1. The van der Waals surface area contributed by atoms with Gasteiger partial charge in [0.15, 0.2) is 0 Å². The van der Waals surface area contributed by atoms with Gasteiger partial charge in [-0.05, 0) is 17.7 Å². The van der Waals surface area contributed by atoms with Gasteiger partial charge in [-0.15, -0.1) is 11.3 Å². The Balaban J connectivity index is 1.59. The number of hydrogen-bond acceptors (Lipinski definition) is 3. The van der Waals surface area contributed by atoms with E-state index in [1.165, 1.54) is 17.7 Å². The molecule has 1 N–H and O–H groups in total. The molecule has 3 nitrogen and oxygen atoms in total. The molecule has 0 fully saturated rings. The van der Waals surface area contributed by atoms with E-state index >= 15 is 0 Å². The van der Waals surface area contributed by atoms with Crippen LogP contribution < -0.4 is 5.32 Å². The number of halogens is 1. The van der Waals surface area contributed by atoms with Gasteiger partial charge >= 0.3 is 0 Å². The molecule has 3 rings (SSSR count). The minimum Gasteiger partial charge on any atom is -0.345 e. The summed E-state index contributed by atoms with van der Waals surface area (Å²) in [6.07, 6.45) is 2.64. The molecule has 0 saturated carbocycles. The second-order valence-electron chi connectivity index (χ2n) is 5.05. The SMILES string of the molecule is O=C(NCc1ncc(Cc2ccccc2)s1)c1ccccc1F. The number of amides is 1. The quantitative estimate of drug-likeness (QED) is 0.775. The lowest BCUT2D eigenvalue weighted by Crippen LogP contribution is -2.23. The topological polar surface area (TPSA) is 42.0 Å². The predicted octanol–water partition coefficient (Wildman–Crippen LogP) is 3.80. The van der Waals surface area contributed by atoms with Gasteiger partial charge in [-0.2, -0.15) is 0 Å². The number of thiazole rings is 1. The number of carbonyl (C=O) groups is 1.